The maximum Gasteiger partial charge on any atom is 0.326 e. The monoisotopic (exact) mass is 371 g/mol. The third-order valence-electron chi connectivity index (χ3n) is 4.92. The van der Waals surface area contributed by atoms with Gasteiger partial charge in [-0.05, 0) is 44.9 Å². The standard InChI is InChI=1S/C21H41NO4/c1-2-3-4-12-15-19(24)16-13-10-8-6-5-7-9-11-14-17-21(22,18-23)20(25)26/h7,9,19,23-24H,2-6,8,10-18,22H2,1H3,(H,25,26)/b9-7+/t19?,21-/m1/s1. The van der Waals surface area contributed by atoms with Crippen LogP contribution in [0, 0.1) is 0 Å². The smallest absolute Gasteiger partial charge is 0.326 e. The molecule has 5 nitrogen and oxygen atoms in total. The van der Waals surface area contributed by atoms with E-state index in [-0.39, 0.29) is 12.5 Å². The molecule has 5 N–H and O–H groups in total. The third kappa shape index (κ3) is 13.3. The van der Waals surface area contributed by atoms with E-state index < -0.39 is 18.1 Å². The Labute approximate surface area is 159 Å². The van der Waals surface area contributed by atoms with Crippen LogP contribution in [0.5, 0.6) is 0 Å². The van der Waals surface area contributed by atoms with Crippen LogP contribution in [0.4, 0.5) is 0 Å². The van der Waals surface area contributed by atoms with Crippen molar-refractivity contribution >= 4 is 5.97 Å². The average molecular weight is 372 g/mol. The van der Waals surface area contributed by atoms with E-state index in [0.717, 1.165) is 44.9 Å². The largest absolute Gasteiger partial charge is 0.480 e. The van der Waals surface area contributed by atoms with Crippen molar-refractivity contribution in [2.24, 2.45) is 5.73 Å². The zero-order chi connectivity index (χ0) is 19.7. The normalized spacial score (nSPS) is 15.2. The molecule has 0 spiro atoms. The van der Waals surface area contributed by atoms with Gasteiger partial charge in [0.25, 0.3) is 0 Å². The molecule has 1 unspecified atom stereocenters. The molecule has 0 aromatic heterocycles. The van der Waals surface area contributed by atoms with Gasteiger partial charge in [0.2, 0.25) is 0 Å². The molecule has 5 heteroatoms. The van der Waals surface area contributed by atoms with E-state index in [1.54, 1.807) is 0 Å². The summed E-state index contributed by atoms with van der Waals surface area (Å²) in [6.07, 6.45) is 18.2. The van der Waals surface area contributed by atoms with Gasteiger partial charge < -0.3 is 21.1 Å². The van der Waals surface area contributed by atoms with Crippen LogP contribution < -0.4 is 5.73 Å². The summed E-state index contributed by atoms with van der Waals surface area (Å²) in [5, 5.41) is 27.9. The van der Waals surface area contributed by atoms with Crippen LogP contribution in [0.25, 0.3) is 0 Å². The number of allylic oxidation sites excluding steroid dienone is 2. The lowest BCUT2D eigenvalue weighted by Crippen LogP contribution is -2.51. The minimum Gasteiger partial charge on any atom is -0.480 e. The number of aliphatic hydroxyl groups excluding tert-OH is 2. The second kappa shape index (κ2) is 16.3. The van der Waals surface area contributed by atoms with Gasteiger partial charge in [-0.1, -0.05) is 64.0 Å². The molecule has 0 aromatic rings. The van der Waals surface area contributed by atoms with Gasteiger partial charge >= 0.3 is 5.97 Å². The molecule has 0 saturated carbocycles. The van der Waals surface area contributed by atoms with Crippen LogP contribution >= 0.6 is 0 Å². The highest BCUT2D eigenvalue weighted by Crippen LogP contribution is 2.14. The van der Waals surface area contributed by atoms with Crippen LogP contribution in [0.15, 0.2) is 12.2 Å². The molecule has 0 bridgehead atoms. The summed E-state index contributed by atoms with van der Waals surface area (Å²) in [5.41, 5.74) is 4.11. The van der Waals surface area contributed by atoms with E-state index in [9.17, 15) is 9.90 Å². The molecule has 0 rings (SSSR count). The Balaban J connectivity index is 3.47. The summed E-state index contributed by atoms with van der Waals surface area (Å²) in [4.78, 5) is 10.9. The highest BCUT2D eigenvalue weighted by Gasteiger charge is 2.32. The number of carboxylic acid groups (broad SMARTS) is 1. The number of carboxylic acids is 1. The number of carbonyl (C=O) groups is 1. The summed E-state index contributed by atoms with van der Waals surface area (Å²) in [6, 6.07) is 0. The number of nitrogens with two attached hydrogens (primary N) is 1. The van der Waals surface area contributed by atoms with E-state index in [1.807, 2.05) is 0 Å². The minimum absolute atomic E-state index is 0.119. The number of aliphatic hydroxyl groups is 2. The van der Waals surface area contributed by atoms with E-state index in [4.69, 9.17) is 15.9 Å². The molecule has 154 valence electrons. The summed E-state index contributed by atoms with van der Waals surface area (Å²) in [7, 11) is 0. The van der Waals surface area contributed by atoms with Crippen LogP contribution in [0.2, 0.25) is 0 Å². The second-order valence-electron chi connectivity index (χ2n) is 7.48. The molecular weight excluding hydrogens is 330 g/mol. The molecule has 0 amide bonds. The van der Waals surface area contributed by atoms with Gasteiger partial charge in [-0.3, -0.25) is 4.79 Å². The van der Waals surface area contributed by atoms with Crippen molar-refractivity contribution in [2.75, 3.05) is 6.61 Å². The lowest BCUT2D eigenvalue weighted by atomic mass is 9.95. The second-order valence-corrected chi connectivity index (χ2v) is 7.48. The zero-order valence-electron chi connectivity index (χ0n) is 16.7. The van der Waals surface area contributed by atoms with Crippen LogP contribution in [0.3, 0.4) is 0 Å². The van der Waals surface area contributed by atoms with Gasteiger partial charge in [-0.2, -0.15) is 0 Å². The van der Waals surface area contributed by atoms with E-state index >= 15 is 0 Å². The minimum atomic E-state index is -1.51. The van der Waals surface area contributed by atoms with Crippen LogP contribution in [0.1, 0.15) is 96.8 Å². The Morgan fingerprint density at radius 3 is 2.04 bits per heavy atom. The quantitative estimate of drug-likeness (QED) is 0.214. The first-order chi connectivity index (χ1) is 12.5. The Bertz CT molecular complexity index is 373. The predicted octanol–water partition coefficient (Wildman–Crippen LogP) is 4.16. The molecule has 0 aliphatic rings. The Kier molecular flexibility index (Phi) is 15.7. The highest BCUT2D eigenvalue weighted by molar-refractivity contribution is 5.78. The van der Waals surface area contributed by atoms with E-state index in [0.29, 0.717) is 6.42 Å². The fourth-order valence-corrected chi connectivity index (χ4v) is 2.97. The number of hydrogen-bond acceptors (Lipinski definition) is 4. The maximum atomic E-state index is 10.9. The van der Waals surface area contributed by atoms with Gasteiger partial charge in [-0.15, -0.1) is 0 Å². The summed E-state index contributed by atoms with van der Waals surface area (Å²) in [5.74, 6) is -1.14. The predicted molar refractivity (Wildman–Crippen MR) is 107 cm³/mol. The molecule has 0 aromatic carbocycles. The van der Waals surface area contributed by atoms with Gasteiger partial charge in [0.05, 0.1) is 12.7 Å². The summed E-state index contributed by atoms with van der Waals surface area (Å²) in [6.45, 7) is 1.67. The molecule has 0 aliphatic heterocycles. The SMILES string of the molecule is CCCCCCC(O)CCCCCC/C=C/CCC[C@@](N)(CO)C(=O)O. The fourth-order valence-electron chi connectivity index (χ4n) is 2.97. The van der Waals surface area contributed by atoms with Crippen molar-refractivity contribution in [3.63, 3.8) is 0 Å². The lowest BCUT2D eigenvalue weighted by molar-refractivity contribution is -0.145. The Morgan fingerprint density at radius 1 is 0.962 bits per heavy atom. The first kappa shape index (κ1) is 25.1. The van der Waals surface area contributed by atoms with Crippen molar-refractivity contribution < 1.29 is 20.1 Å². The molecular formula is C21H41NO4. The van der Waals surface area contributed by atoms with Crippen molar-refractivity contribution in [1.29, 1.82) is 0 Å². The molecule has 2 atom stereocenters. The van der Waals surface area contributed by atoms with Gasteiger partial charge in [0.1, 0.15) is 5.54 Å². The Hall–Kier alpha value is -0.910. The fraction of sp³-hybridized carbons (Fsp3) is 0.857. The highest BCUT2D eigenvalue weighted by atomic mass is 16.4. The molecule has 26 heavy (non-hydrogen) atoms. The summed E-state index contributed by atoms with van der Waals surface area (Å²) >= 11 is 0. The van der Waals surface area contributed by atoms with Gasteiger partial charge in [0, 0.05) is 0 Å². The van der Waals surface area contributed by atoms with Crippen molar-refractivity contribution in [3.05, 3.63) is 12.2 Å². The van der Waals surface area contributed by atoms with Crippen molar-refractivity contribution in [2.45, 2.75) is 108 Å². The first-order valence-electron chi connectivity index (χ1n) is 10.4. The van der Waals surface area contributed by atoms with Crippen molar-refractivity contribution in [3.8, 4) is 0 Å². The van der Waals surface area contributed by atoms with Crippen molar-refractivity contribution in [1.82, 2.24) is 0 Å². The van der Waals surface area contributed by atoms with Gasteiger partial charge in [-0.25, -0.2) is 0 Å². The molecule has 0 radical (unpaired) electrons. The van der Waals surface area contributed by atoms with Gasteiger partial charge in [0.15, 0.2) is 0 Å². The molecule has 0 aliphatic carbocycles. The molecule has 0 fully saturated rings. The van der Waals surface area contributed by atoms with E-state index in [2.05, 4.69) is 19.1 Å². The van der Waals surface area contributed by atoms with Crippen LogP contribution in [-0.2, 0) is 4.79 Å². The van der Waals surface area contributed by atoms with E-state index in [1.165, 1.54) is 32.1 Å². The number of hydrogen-bond donors (Lipinski definition) is 4. The zero-order valence-corrected chi connectivity index (χ0v) is 16.7. The third-order valence-corrected chi connectivity index (χ3v) is 4.92. The first-order valence-corrected chi connectivity index (χ1v) is 10.4. The summed E-state index contributed by atoms with van der Waals surface area (Å²) < 4.78 is 0. The molecule has 0 heterocycles. The van der Waals surface area contributed by atoms with Crippen LogP contribution in [-0.4, -0.2) is 39.5 Å². The maximum absolute atomic E-state index is 10.9. The number of unbranched alkanes of at least 4 members (excludes halogenated alkanes) is 8. The Morgan fingerprint density at radius 2 is 1.50 bits per heavy atom. The average Bonchev–Trinajstić information content (AvgIpc) is 2.62. The lowest BCUT2D eigenvalue weighted by Gasteiger charge is -2.21. The number of aliphatic carboxylic acids is 1. The molecule has 0 saturated heterocycles. The number of rotatable bonds is 18. The topological polar surface area (TPSA) is 104 Å².